The Morgan fingerprint density at radius 2 is 2.21 bits per heavy atom. The van der Waals surface area contributed by atoms with Crippen molar-refractivity contribution in [3.05, 3.63) is 51.1 Å². The molecule has 1 aliphatic carbocycles. The van der Waals surface area contributed by atoms with Crippen LogP contribution in [0.3, 0.4) is 0 Å². The van der Waals surface area contributed by atoms with Crippen LogP contribution in [0.1, 0.15) is 50.7 Å². The summed E-state index contributed by atoms with van der Waals surface area (Å²) in [7, 11) is 0. The molecule has 1 aromatic carbocycles. The SMILES string of the molecule is CC1=CC[C@@]2(O)[C@H](C1)c1ccc(CCO[N+](=O)[O-])cc1OC2(C)C. The quantitative estimate of drug-likeness (QED) is 0.520. The number of hydrogen-bond acceptors (Lipinski definition) is 5. The van der Waals surface area contributed by atoms with Gasteiger partial charge in [0.25, 0.3) is 5.09 Å². The molecule has 1 aromatic rings. The molecular weight excluding hydrogens is 310 g/mol. The molecule has 6 heteroatoms. The number of ether oxygens (including phenoxy) is 1. The molecule has 2 aliphatic rings. The van der Waals surface area contributed by atoms with Gasteiger partial charge < -0.3 is 14.7 Å². The van der Waals surface area contributed by atoms with Crippen molar-refractivity contribution in [3.63, 3.8) is 0 Å². The van der Waals surface area contributed by atoms with Crippen LogP contribution in [-0.2, 0) is 11.3 Å². The van der Waals surface area contributed by atoms with Gasteiger partial charge in [0.2, 0.25) is 0 Å². The third-order valence-electron chi connectivity index (χ3n) is 5.31. The van der Waals surface area contributed by atoms with Crippen LogP contribution < -0.4 is 4.74 Å². The molecule has 1 aliphatic heterocycles. The molecule has 0 radical (unpaired) electrons. The second-order valence-corrected chi connectivity index (χ2v) is 7.23. The summed E-state index contributed by atoms with van der Waals surface area (Å²) in [5.41, 5.74) is 1.55. The monoisotopic (exact) mass is 333 g/mol. The van der Waals surface area contributed by atoms with Crippen molar-refractivity contribution >= 4 is 0 Å². The van der Waals surface area contributed by atoms with Crippen molar-refractivity contribution in [2.45, 2.75) is 57.2 Å². The molecule has 0 unspecified atom stereocenters. The Morgan fingerprint density at radius 3 is 2.92 bits per heavy atom. The smallest absolute Gasteiger partial charge is 0.294 e. The molecule has 1 N–H and O–H groups in total. The highest BCUT2D eigenvalue weighted by atomic mass is 16.9. The van der Waals surface area contributed by atoms with Gasteiger partial charge in [0.05, 0.1) is 0 Å². The maximum Gasteiger partial charge on any atom is 0.294 e. The Balaban J connectivity index is 1.91. The van der Waals surface area contributed by atoms with E-state index in [1.54, 1.807) is 0 Å². The number of rotatable bonds is 4. The maximum absolute atomic E-state index is 11.3. The van der Waals surface area contributed by atoms with Gasteiger partial charge in [0.1, 0.15) is 23.6 Å². The van der Waals surface area contributed by atoms with Crippen LogP contribution in [0.2, 0.25) is 0 Å². The van der Waals surface area contributed by atoms with Gasteiger partial charge in [-0.05, 0) is 51.7 Å². The summed E-state index contributed by atoms with van der Waals surface area (Å²) in [5.74, 6) is 0.744. The van der Waals surface area contributed by atoms with Gasteiger partial charge in [-0.3, -0.25) is 0 Å². The number of benzene rings is 1. The van der Waals surface area contributed by atoms with Gasteiger partial charge in [-0.25, -0.2) is 0 Å². The third-order valence-corrected chi connectivity index (χ3v) is 5.31. The van der Waals surface area contributed by atoms with Gasteiger partial charge in [-0.2, -0.15) is 0 Å². The summed E-state index contributed by atoms with van der Waals surface area (Å²) in [6.07, 6.45) is 3.91. The Morgan fingerprint density at radius 1 is 1.46 bits per heavy atom. The van der Waals surface area contributed by atoms with E-state index in [9.17, 15) is 15.2 Å². The lowest BCUT2D eigenvalue weighted by Gasteiger charge is -2.53. The third kappa shape index (κ3) is 2.75. The summed E-state index contributed by atoms with van der Waals surface area (Å²) in [5, 5.41) is 20.8. The van der Waals surface area contributed by atoms with Crippen LogP contribution in [0.25, 0.3) is 0 Å². The molecule has 1 heterocycles. The van der Waals surface area contributed by atoms with E-state index in [4.69, 9.17) is 4.74 Å². The first-order chi connectivity index (χ1) is 11.2. The molecule has 0 bridgehead atoms. The molecular formula is C18H23NO5. The van der Waals surface area contributed by atoms with E-state index in [-0.39, 0.29) is 12.5 Å². The van der Waals surface area contributed by atoms with E-state index in [2.05, 4.69) is 17.8 Å². The minimum absolute atomic E-state index is 0.00896. The molecule has 6 nitrogen and oxygen atoms in total. The second-order valence-electron chi connectivity index (χ2n) is 7.23. The first-order valence-corrected chi connectivity index (χ1v) is 8.20. The molecule has 0 saturated heterocycles. The van der Waals surface area contributed by atoms with Gasteiger partial charge in [-0.1, -0.05) is 23.8 Å². The van der Waals surface area contributed by atoms with Crippen molar-refractivity contribution in [1.29, 1.82) is 0 Å². The molecule has 0 fully saturated rings. The zero-order valence-corrected chi connectivity index (χ0v) is 14.2. The zero-order valence-electron chi connectivity index (χ0n) is 14.2. The van der Waals surface area contributed by atoms with Crippen molar-refractivity contribution in [2.24, 2.45) is 0 Å². The lowest BCUT2D eigenvalue weighted by atomic mass is 9.64. The van der Waals surface area contributed by atoms with Crippen LogP contribution >= 0.6 is 0 Å². The highest BCUT2D eigenvalue weighted by Gasteiger charge is 2.55. The largest absolute Gasteiger partial charge is 0.485 e. The molecule has 130 valence electrons. The predicted octanol–water partition coefficient (Wildman–Crippen LogP) is 3.16. The Bertz CT molecular complexity index is 697. The molecule has 2 atom stereocenters. The average molecular weight is 333 g/mol. The van der Waals surface area contributed by atoms with Crippen LogP contribution in [0.5, 0.6) is 5.75 Å². The first-order valence-electron chi connectivity index (χ1n) is 8.20. The molecule has 0 spiro atoms. The Hall–Kier alpha value is -2.08. The maximum atomic E-state index is 11.3. The number of hydrogen-bond donors (Lipinski definition) is 1. The summed E-state index contributed by atoms with van der Waals surface area (Å²) in [6, 6.07) is 5.81. The Labute approximate surface area is 141 Å². The van der Waals surface area contributed by atoms with E-state index in [1.165, 1.54) is 5.57 Å². The number of fused-ring (bicyclic) bond motifs is 3. The molecule has 3 rings (SSSR count). The van der Waals surface area contributed by atoms with E-state index in [0.29, 0.717) is 12.8 Å². The Kier molecular flexibility index (Phi) is 4.03. The van der Waals surface area contributed by atoms with Crippen molar-refractivity contribution in [2.75, 3.05) is 6.61 Å². The first kappa shape index (κ1) is 16.8. The van der Waals surface area contributed by atoms with Crippen LogP contribution in [0.4, 0.5) is 0 Å². The highest BCUT2D eigenvalue weighted by Crippen LogP contribution is 2.53. The topological polar surface area (TPSA) is 81.8 Å². The van der Waals surface area contributed by atoms with E-state index >= 15 is 0 Å². The van der Waals surface area contributed by atoms with E-state index in [0.717, 1.165) is 23.3 Å². The second kappa shape index (κ2) is 5.77. The van der Waals surface area contributed by atoms with E-state index < -0.39 is 16.3 Å². The van der Waals surface area contributed by atoms with Gasteiger partial charge in [0, 0.05) is 11.5 Å². The predicted molar refractivity (Wildman–Crippen MR) is 88.5 cm³/mol. The molecule has 24 heavy (non-hydrogen) atoms. The van der Waals surface area contributed by atoms with Crippen LogP contribution in [0, 0.1) is 10.1 Å². The average Bonchev–Trinajstić information content (AvgIpc) is 2.48. The molecule has 0 aromatic heterocycles. The summed E-state index contributed by atoms with van der Waals surface area (Å²) < 4.78 is 6.14. The molecule has 0 amide bonds. The summed E-state index contributed by atoms with van der Waals surface area (Å²) in [6.45, 7) is 5.94. The number of nitrogens with zero attached hydrogens (tertiary/aromatic N) is 1. The summed E-state index contributed by atoms with van der Waals surface area (Å²) >= 11 is 0. The fourth-order valence-electron chi connectivity index (χ4n) is 3.79. The standard InChI is InChI=1S/C18H23NO5/c1-12-6-8-18(20)15(10-12)14-5-4-13(7-9-23-19(21)22)11-16(14)24-17(18,2)3/h4-6,11,15,20H,7-10H2,1-3H3/t15-,18-/m1/s1. The fraction of sp³-hybridized carbons (Fsp3) is 0.556. The lowest BCUT2D eigenvalue weighted by molar-refractivity contribution is -0.757. The van der Waals surface area contributed by atoms with Gasteiger partial charge >= 0.3 is 0 Å². The normalized spacial score (nSPS) is 27.3. The van der Waals surface area contributed by atoms with Crippen molar-refractivity contribution < 1.29 is 19.8 Å². The minimum Gasteiger partial charge on any atom is -0.485 e. The van der Waals surface area contributed by atoms with E-state index in [1.807, 2.05) is 32.0 Å². The lowest BCUT2D eigenvalue weighted by Crippen LogP contribution is -2.60. The van der Waals surface area contributed by atoms with Gasteiger partial charge in [-0.15, -0.1) is 10.1 Å². The number of allylic oxidation sites excluding steroid dienone is 1. The summed E-state index contributed by atoms with van der Waals surface area (Å²) in [4.78, 5) is 14.6. The van der Waals surface area contributed by atoms with Gasteiger partial charge in [0.15, 0.2) is 0 Å². The zero-order chi connectivity index (χ0) is 17.5. The van der Waals surface area contributed by atoms with Crippen LogP contribution in [0.15, 0.2) is 29.8 Å². The van der Waals surface area contributed by atoms with Crippen LogP contribution in [-0.4, -0.2) is 28.0 Å². The van der Waals surface area contributed by atoms with Crippen molar-refractivity contribution in [3.8, 4) is 5.75 Å². The fourth-order valence-corrected chi connectivity index (χ4v) is 3.79. The number of aliphatic hydroxyl groups is 1. The highest BCUT2D eigenvalue weighted by molar-refractivity contribution is 5.47. The van der Waals surface area contributed by atoms with Crippen molar-refractivity contribution in [1.82, 2.24) is 0 Å². The molecule has 0 saturated carbocycles. The minimum atomic E-state index is -0.935.